The molecule has 0 atom stereocenters. The molecular weight excluding hydrogens is 640 g/mol. The fraction of sp³-hybridized carbons (Fsp3) is 0.538. The van der Waals surface area contributed by atoms with Gasteiger partial charge in [0.2, 0.25) is 11.8 Å². The maximum Gasteiger partial charge on any atom is 0.320 e. The third-order valence-corrected chi connectivity index (χ3v) is 10.3. The van der Waals surface area contributed by atoms with Crippen molar-refractivity contribution in [2.24, 2.45) is 22.2 Å². The summed E-state index contributed by atoms with van der Waals surface area (Å²) in [6, 6.07) is 14.2. The number of ether oxygens (including phenoxy) is 2. The van der Waals surface area contributed by atoms with Gasteiger partial charge in [-0.3, -0.25) is 19.3 Å². The molecule has 0 unspecified atom stereocenters. The summed E-state index contributed by atoms with van der Waals surface area (Å²) in [5, 5.41) is 15.7. The second kappa shape index (κ2) is 13.3. The van der Waals surface area contributed by atoms with E-state index in [0.717, 1.165) is 37.9 Å². The number of rotatable bonds is 8. The number of anilines is 1. The molecule has 2 saturated carbocycles. The van der Waals surface area contributed by atoms with Gasteiger partial charge in [0.1, 0.15) is 22.8 Å². The van der Waals surface area contributed by atoms with Crippen LogP contribution in [0, 0.1) is 45.3 Å². The molecule has 3 aliphatic rings. The molecule has 0 bridgehead atoms. The van der Waals surface area contributed by atoms with E-state index in [1.165, 1.54) is 0 Å². The van der Waals surface area contributed by atoms with Crippen molar-refractivity contribution in [1.29, 1.82) is 5.26 Å². The second-order valence-corrected chi connectivity index (χ2v) is 16.4. The molecule has 9 nitrogen and oxygen atoms in total. The van der Waals surface area contributed by atoms with Gasteiger partial charge in [-0.25, -0.2) is 0 Å². The van der Waals surface area contributed by atoms with Gasteiger partial charge < -0.3 is 20.1 Å². The van der Waals surface area contributed by atoms with E-state index in [4.69, 9.17) is 21.1 Å². The van der Waals surface area contributed by atoms with Crippen LogP contribution in [0.2, 0.25) is 5.02 Å². The molecule has 1 aliphatic heterocycles. The zero-order valence-electron chi connectivity index (χ0n) is 29.6. The van der Waals surface area contributed by atoms with Crippen molar-refractivity contribution < 1.29 is 23.9 Å². The molecular formula is C39H47ClN4O5. The Kier molecular flexibility index (Phi) is 9.87. The zero-order chi connectivity index (χ0) is 35.8. The summed E-state index contributed by atoms with van der Waals surface area (Å²) in [6.07, 6.45) is 3.42. The number of halogens is 1. The SMILES string of the molecule is CC(C)(C)OC(=O)CN1CCC(C#Cc2ccc(NC(=O)C3(C(=O)NC4(Oc5ccc(C#N)c(Cl)c5)C(C)(C)CC4(C)C)CC3)cc2)CC1. The Labute approximate surface area is 295 Å². The highest BCUT2D eigenvalue weighted by molar-refractivity contribution is 6.31. The Balaban J connectivity index is 1.19. The van der Waals surface area contributed by atoms with Gasteiger partial charge in [-0.15, -0.1) is 0 Å². The smallest absolute Gasteiger partial charge is 0.320 e. The number of likely N-dealkylation sites (tertiary alicyclic amines) is 1. The molecule has 2 aromatic carbocycles. The summed E-state index contributed by atoms with van der Waals surface area (Å²) in [5.74, 6) is 6.37. The van der Waals surface area contributed by atoms with Crippen LogP contribution < -0.4 is 15.4 Å². The predicted octanol–water partition coefficient (Wildman–Crippen LogP) is 6.68. The molecule has 2 aromatic rings. The second-order valence-electron chi connectivity index (χ2n) is 16.0. The van der Waals surface area contributed by atoms with Crippen LogP contribution in [0.5, 0.6) is 5.75 Å². The van der Waals surface area contributed by atoms with Gasteiger partial charge in [-0.05, 0) is 102 Å². The van der Waals surface area contributed by atoms with Crippen LogP contribution in [0.15, 0.2) is 42.5 Å². The van der Waals surface area contributed by atoms with Crippen molar-refractivity contribution >= 4 is 35.1 Å². The van der Waals surface area contributed by atoms with Gasteiger partial charge in [0.25, 0.3) is 0 Å². The monoisotopic (exact) mass is 686 g/mol. The molecule has 5 rings (SSSR count). The number of esters is 1. The van der Waals surface area contributed by atoms with Crippen LogP contribution >= 0.6 is 11.6 Å². The topological polar surface area (TPSA) is 121 Å². The molecule has 1 saturated heterocycles. The van der Waals surface area contributed by atoms with Crippen molar-refractivity contribution in [2.75, 3.05) is 25.0 Å². The van der Waals surface area contributed by atoms with Crippen LogP contribution in [0.3, 0.4) is 0 Å². The summed E-state index contributed by atoms with van der Waals surface area (Å²) in [6.45, 7) is 15.6. The van der Waals surface area contributed by atoms with E-state index in [2.05, 4.69) is 33.4 Å². The van der Waals surface area contributed by atoms with Crippen LogP contribution in [0.25, 0.3) is 0 Å². The van der Waals surface area contributed by atoms with E-state index < -0.39 is 27.6 Å². The fourth-order valence-electron chi connectivity index (χ4n) is 7.46. The molecule has 0 spiro atoms. The molecule has 10 heteroatoms. The summed E-state index contributed by atoms with van der Waals surface area (Å²) in [7, 11) is 0. The third-order valence-electron chi connectivity index (χ3n) is 9.95. The minimum atomic E-state index is -1.20. The number of nitrogens with one attached hydrogen (secondary N) is 2. The number of carbonyl (C=O) groups excluding carboxylic acids is 3. The highest BCUT2D eigenvalue weighted by Crippen LogP contribution is 2.63. The van der Waals surface area contributed by atoms with Crippen LogP contribution in [-0.4, -0.2) is 53.6 Å². The lowest BCUT2D eigenvalue weighted by molar-refractivity contribution is -0.247. The van der Waals surface area contributed by atoms with Gasteiger partial charge in [0.15, 0.2) is 5.72 Å². The maximum atomic E-state index is 14.0. The van der Waals surface area contributed by atoms with E-state index >= 15 is 0 Å². The van der Waals surface area contributed by atoms with Gasteiger partial charge in [-0.2, -0.15) is 5.26 Å². The third kappa shape index (κ3) is 7.74. The largest absolute Gasteiger partial charge is 0.467 e. The fourth-order valence-corrected chi connectivity index (χ4v) is 7.67. The number of benzene rings is 2. The number of nitrogens with zero attached hydrogens (tertiary/aromatic N) is 2. The highest BCUT2D eigenvalue weighted by atomic mass is 35.5. The molecule has 2 N–H and O–H groups in total. The molecule has 2 amide bonds. The van der Waals surface area contributed by atoms with Crippen LogP contribution in [0.4, 0.5) is 5.69 Å². The summed E-state index contributed by atoms with van der Waals surface area (Å²) >= 11 is 6.30. The van der Waals surface area contributed by atoms with Crippen LogP contribution in [0.1, 0.15) is 91.7 Å². The molecule has 1 heterocycles. The standard InChI is InChI=1S/C39H47ClN4O5/c1-35(2,3)49-32(45)24-44-20-16-27(17-21-44)9-8-26-10-13-29(14-11-26)42-33(46)38(18-19-38)34(47)43-39(36(4,5)25-37(39,6)7)48-30-15-12-28(23-41)31(40)22-30/h10-15,22,27H,16-21,24-25H2,1-7H3,(H,42,46)(H,43,47). The van der Waals surface area contributed by atoms with E-state index in [1.807, 2.05) is 60.6 Å². The van der Waals surface area contributed by atoms with Crippen LogP contribution in [-0.2, 0) is 19.1 Å². The van der Waals surface area contributed by atoms with Crippen molar-refractivity contribution in [2.45, 2.75) is 91.9 Å². The van der Waals surface area contributed by atoms with Gasteiger partial charge >= 0.3 is 5.97 Å². The number of hydrogen-bond acceptors (Lipinski definition) is 7. The quantitative estimate of drug-likeness (QED) is 0.138. The Hall–Kier alpha value is -4.05. The first-order valence-electron chi connectivity index (χ1n) is 17.0. The Morgan fingerprint density at radius 3 is 2.14 bits per heavy atom. The molecule has 3 fully saturated rings. The lowest BCUT2D eigenvalue weighted by Crippen LogP contribution is -2.78. The van der Waals surface area contributed by atoms with Crippen molar-refractivity contribution in [3.8, 4) is 23.7 Å². The summed E-state index contributed by atoms with van der Waals surface area (Å²) in [5.41, 5.74) is -1.93. The number of nitriles is 1. The minimum Gasteiger partial charge on any atom is -0.467 e. The number of hydrogen-bond donors (Lipinski definition) is 2. The molecule has 260 valence electrons. The van der Waals surface area contributed by atoms with Gasteiger partial charge in [-0.1, -0.05) is 51.1 Å². The number of piperidine rings is 1. The van der Waals surface area contributed by atoms with E-state index in [0.29, 0.717) is 36.4 Å². The van der Waals surface area contributed by atoms with Crippen molar-refractivity contribution in [3.05, 3.63) is 58.6 Å². The average Bonchev–Trinajstić information content (AvgIpc) is 3.82. The van der Waals surface area contributed by atoms with Gasteiger partial charge in [0, 0.05) is 34.1 Å². The maximum absolute atomic E-state index is 14.0. The first-order valence-corrected chi connectivity index (χ1v) is 17.4. The summed E-state index contributed by atoms with van der Waals surface area (Å²) in [4.78, 5) is 41.8. The highest BCUT2D eigenvalue weighted by Gasteiger charge is 2.71. The first kappa shape index (κ1) is 36.2. The van der Waals surface area contributed by atoms with Gasteiger partial charge in [0.05, 0.1) is 17.1 Å². The molecule has 2 aliphatic carbocycles. The summed E-state index contributed by atoms with van der Waals surface area (Å²) < 4.78 is 12.0. The molecule has 49 heavy (non-hydrogen) atoms. The van der Waals surface area contributed by atoms with E-state index in [9.17, 15) is 19.6 Å². The lowest BCUT2D eigenvalue weighted by atomic mass is 9.48. The lowest BCUT2D eigenvalue weighted by Gasteiger charge is -2.65. The Morgan fingerprint density at radius 2 is 1.61 bits per heavy atom. The normalized spacial score (nSPS) is 20.3. The first-order chi connectivity index (χ1) is 22.9. The number of carbonyl (C=O) groups is 3. The molecule has 0 aromatic heterocycles. The Morgan fingerprint density at radius 1 is 0.980 bits per heavy atom. The molecule has 0 radical (unpaired) electrons. The average molecular weight is 687 g/mol. The predicted molar refractivity (Wildman–Crippen MR) is 188 cm³/mol. The van der Waals surface area contributed by atoms with E-state index in [-0.39, 0.29) is 28.7 Å². The van der Waals surface area contributed by atoms with E-state index in [1.54, 1.807) is 30.3 Å². The number of amides is 2. The Bertz CT molecular complexity index is 1700. The minimum absolute atomic E-state index is 0.202. The zero-order valence-corrected chi connectivity index (χ0v) is 30.3. The van der Waals surface area contributed by atoms with Crippen molar-refractivity contribution in [1.82, 2.24) is 10.2 Å². The van der Waals surface area contributed by atoms with Crippen molar-refractivity contribution in [3.63, 3.8) is 0 Å².